The summed E-state index contributed by atoms with van der Waals surface area (Å²) in [7, 11) is 0. The zero-order valence-electron chi connectivity index (χ0n) is 14.3. The van der Waals surface area contributed by atoms with E-state index in [0.29, 0.717) is 25.9 Å². The van der Waals surface area contributed by atoms with E-state index in [-0.39, 0.29) is 23.6 Å². The fourth-order valence-corrected chi connectivity index (χ4v) is 3.03. The first kappa shape index (κ1) is 16.9. The molecular formula is C17H20N6O2. The SMILES string of the molecule is Cc1n[nH]c(C)c1CCC(=O)N1CC[C@H](Oc2nccnc2C#N)C1. The Kier molecular flexibility index (Phi) is 4.93. The van der Waals surface area contributed by atoms with Gasteiger partial charge in [-0.15, -0.1) is 0 Å². The van der Waals surface area contributed by atoms with Crippen LogP contribution in [0, 0.1) is 25.2 Å². The number of carbonyl (C=O) groups is 1. The highest BCUT2D eigenvalue weighted by molar-refractivity contribution is 5.76. The van der Waals surface area contributed by atoms with E-state index < -0.39 is 0 Å². The summed E-state index contributed by atoms with van der Waals surface area (Å²) in [5.74, 6) is 0.333. The zero-order chi connectivity index (χ0) is 17.8. The Labute approximate surface area is 145 Å². The van der Waals surface area contributed by atoms with Crippen LogP contribution >= 0.6 is 0 Å². The zero-order valence-corrected chi connectivity index (χ0v) is 14.3. The van der Waals surface area contributed by atoms with Crippen LogP contribution in [0.15, 0.2) is 12.4 Å². The van der Waals surface area contributed by atoms with Gasteiger partial charge >= 0.3 is 0 Å². The average Bonchev–Trinajstić information content (AvgIpc) is 3.21. The fourth-order valence-electron chi connectivity index (χ4n) is 3.03. The Hall–Kier alpha value is -2.95. The highest BCUT2D eigenvalue weighted by Crippen LogP contribution is 2.20. The van der Waals surface area contributed by atoms with Gasteiger partial charge in [-0.05, 0) is 25.8 Å². The van der Waals surface area contributed by atoms with E-state index in [0.717, 1.165) is 23.4 Å². The van der Waals surface area contributed by atoms with Crippen molar-refractivity contribution in [2.45, 2.75) is 39.2 Å². The van der Waals surface area contributed by atoms with Gasteiger partial charge in [0.25, 0.3) is 5.88 Å². The van der Waals surface area contributed by atoms with Crippen molar-refractivity contribution in [2.24, 2.45) is 0 Å². The summed E-state index contributed by atoms with van der Waals surface area (Å²) in [5, 5.41) is 16.1. The van der Waals surface area contributed by atoms with E-state index >= 15 is 0 Å². The Balaban J connectivity index is 1.54. The quantitative estimate of drug-likeness (QED) is 0.879. The second-order valence-electron chi connectivity index (χ2n) is 6.10. The number of nitrogens with zero attached hydrogens (tertiary/aromatic N) is 5. The van der Waals surface area contributed by atoms with Gasteiger partial charge in [-0.25, -0.2) is 9.97 Å². The van der Waals surface area contributed by atoms with Crippen molar-refractivity contribution >= 4 is 5.91 Å². The van der Waals surface area contributed by atoms with Gasteiger partial charge in [0.2, 0.25) is 11.6 Å². The van der Waals surface area contributed by atoms with Crippen molar-refractivity contribution in [3.63, 3.8) is 0 Å². The molecule has 1 N–H and O–H groups in total. The Morgan fingerprint density at radius 3 is 2.96 bits per heavy atom. The van der Waals surface area contributed by atoms with Gasteiger partial charge in [0.15, 0.2) is 0 Å². The Morgan fingerprint density at radius 1 is 1.44 bits per heavy atom. The number of aryl methyl sites for hydroxylation is 2. The van der Waals surface area contributed by atoms with Crippen LogP contribution in [-0.4, -0.2) is 50.2 Å². The van der Waals surface area contributed by atoms with E-state index in [1.54, 1.807) is 4.90 Å². The minimum absolute atomic E-state index is 0.103. The van der Waals surface area contributed by atoms with Gasteiger partial charge in [-0.1, -0.05) is 0 Å². The van der Waals surface area contributed by atoms with Crippen LogP contribution in [-0.2, 0) is 11.2 Å². The lowest BCUT2D eigenvalue weighted by Gasteiger charge is -2.17. The first-order valence-corrected chi connectivity index (χ1v) is 8.24. The number of ether oxygens (including phenoxy) is 1. The molecule has 0 spiro atoms. The summed E-state index contributed by atoms with van der Waals surface area (Å²) in [6.45, 7) is 5.06. The number of hydrogen-bond acceptors (Lipinski definition) is 6. The molecule has 0 radical (unpaired) electrons. The number of rotatable bonds is 5. The number of likely N-dealkylation sites (tertiary alicyclic amines) is 1. The molecule has 3 heterocycles. The molecule has 0 unspecified atom stereocenters. The molecule has 0 aliphatic carbocycles. The second-order valence-corrected chi connectivity index (χ2v) is 6.10. The molecule has 8 heteroatoms. The van der Waals surface area contributed by atoms with E-state index in [1.807, 2.05) is 19.9 Å². The first-order valence-electron chi connectivity index (χ1n) is 8.24. The number of aromatic nitrogens is 4. The highest BCUT2D eigenvalue weighted by Gasteiger charge is 2.28. The molecule has 2 aromatic heterocycles. The van der Waals surface area contributed by atoms with Crippen molar-refractivity contribution in [1.29, 1.82) is 5.26 Å². The number of carbonyl (C=O) groups excluding carboxylic acids is 1. The minimum atomic E-state index is -0.162. The summed E-state index contributed by atoms with van der Waals surface area (Å²) in [5.41, 5.74) is 3.23. The molecular weight excluding hydrogens is 320 g/mol. The van der Waals surface area contributed by atoms with Crippen molar-refractivity contribution < 1.29 is 9.53 Å². The molecule has 130 valence electrons. The molecule has 3 rings (SSSR count). The maximum Gasteiger partial charge on any atom is 0.251 e. The van der Waals surface area contributed by atoms with Gasteiger partial charge in [-0.3, -0.25) is 9.89 Å². The van der Waals surface area contributed by atoms with Crippen LogP contribution in [0.4, 0.5) is 0 Å². The first-order chi connectivity index (χ1) is 12.1. The monoisotopic (exact) mass is 340 g/mol. The smallest absolute Gasteiger partial charge is 0.251 e. The third kappa shape index (κ3) is 3.76. The maximum absolute atomic E-state index is 12.4. The van der Waals surface area contributed by atoms with Gasteiger partial charge in [-0.2, -0.15) is 10.4 Å². The van der Waals surface area contributed by atoms with Crippen LogP contribution in [0.25, 0.3) is 0 Å². The van der Waals surface area contributed by atoms with E-state index in [2.05, 4.69) is 20.2 Å². The summed E-state index contributed by atoms with van der Waals surface area (Å²) in [6.07, 6.45) is 4.63. The third-order valence-electron chi connectivity index (χ3n) is 4.42. The topological polar surface area (TPSA) is 108 Å². The summed E-state index contributed by atoms with van der Waals surface area (Å²) in [4.78, 5) is 22.2. The van der Waals surface area contributed by atoms with Crippen LogP contribution < -0.4 is 4.74 Å². The lowest BCUT2D eigenvalue weighted by atomic mass is 10.1. The number of H-pyrrole nitrogens is 1. The lowest BCUT2D eigenvalue weighted by molar-refractivity contribution is -0.130. The van der Waals surface area contributed by atoms with Crippen molar-refractivity contribution in [3.8, 4) is 11.9 Å². The lowest BCUT2D eigenvalue weighted by Crippen LogP contribution is -2.31. The summed E-state index contributed by atoms with van der Waals surface area (Å²) < 4.78 is 5.76. The third-order valence-corrected chi connectivity index (χ3v) is 4.42. The van der Waals surface area contributed by atoms with Gasteiger partial charge in [0.1, 0.15) is 12.2 Å². The number of nitriles is 1. The van der Waals surface area contributed by atoms with Crippen LogP contribution in [0.5, 0.6) is 5.88 Å². The highest BCUT2D eigenvalue weighted by atomic mass is 16.5. The number of aromatic amines is 1. The van der Waals surface area contributed by atoms with Crippen molar-refractivity contribution in [3.05, 3.63) is 35.0 Å². The Bertz CT molecular complexity index is 790. The van der Waals surface area contributed by atoms with E-state index in [9.17, 15) is 4.79 Å². The largest absolute Gasteiger partial charge is 0.470 e. The van der Waals surface area contributed by atoms with Gasteiger partial charge < -0.3 is 9.64 Å². The molecule has 1 fully saturated rings. The molecule has 1 aliphatic rings. The summed E-state index contributed by atoms with van der Waals surface area (Å²) >= 11 is 0. The predicted molar refractivity (Wildman–Crippen MR) is 88.7 cm³/mol. The molecule has 0 saturated carbocycles. The van der Waals surface area contributed by atoms with Crippen LogP contribution in [0.2, 0.25) is 0 Å². The summed E-state index contributed by atoms with van der Waals surface area (Å²) in [6, 6.07) is 1.96. The molecule has 1 aliphatic heterocycles. The van der Waals surface area contributed by atoms with Crippen molar-refractivity contribution in [1.82, 2.24) is 25.1 Å². The molecule has 1 atom stereocenters. The molecule has 0 bridgehead atoms. The van der Waals surface area contributed by atoms with Crippen LogP contribution in [0.1, 0.15) is 35.5 Å². The predicted octanol–water partition coefficient (Wildman–Crippen LogP) is 1.30. The van der Waals surface area contributed by atoms with Crippen molar-refractivity contribution in [2.75, 3.05) is 13.1 Å². The number of hydrogen-bond donors (Lipinski definition) is 1. The normalized spacial score (nSPS) is 16.7. The molecule has 1 amide bonds. The molecule has 0 aromatic carbocycles. The average molecular weight is 340 g/mol. The molecule has 2 aromatic rings. The molecule has 25 heavy (non-hydrogen) atoms. The fraction of sp³-hybridized carbons (Fsp3) is 0.471. The number of nitrogens with one attached hydrogen (secondary N) is 1. The molecule has 8 nitrogen and oxygen atoms in total. The number of amides is 1. The maximum atomic E-state index is 12.4. The molecule has 1 saturated heterocycles. The Morgan fingerprint density at radius 2 is 2.24 bits per heavy atom. The van der Waals surface area contributed by atoms with Crippen LogP contribution in [0.3, 0.4) is 0 Å². The van der Waals surface area contributed by atoms with E-state index in [1.165, 1.54) is 12.4 Å². The standard InChI is InChI=1S/C17H20N6O2/c1-11-14(12(2)22-21-11)3-4-16(24)23-8-5-13(10-23)25-17-15(9-18)19-6-7-20-17/h6-7,13H,3-5,8,10H2,1-2H3,(H,21,22)/t13-/m0/s1. The van der Waals surface area contributed by atoms with E-state index in [4.69, 9.17) is 10.00 Å². The second kappa shape index (κ2) is 7.30. The van der Waals surface area contributed by atoms with Gasteiger partial charge in [0.05, 0.1) is 12.2 Å². The minimum Gasteiger partial charge on any atom is -0.470 e. The van der Waals surface area contributed by atoms with Gasteiger partial charge in [0, 0.05) is 37.5 Å².